The number of piperidine rings is 1. The molecule has 18 heavy (non-hydrogen) atoms. The molecule has 0 aromatic heterocycles. The van der Waals surface area contributed by atoms with Gasteiger partial charge in [0.1, 0.15) is 11.8 Å². The number of ether oxygens (including phenoxy) is 1. The number of alkyl halides is 1. The summed E-state index contributed by atoms with van der Waals surface area (Å²) in [5.41, 5.74) is -1.41. The molecule has 0 saturated carbocycles. The van der Waals surface area contributed by atoms with Crippen molar-refractivity contribution < 1.29 is 19.1 Å². The van der Waals surface area contributed by atoms with Gasteiger partial charge < -0.3 is 14.8 Å². The second-order valence-electron chi connectivity index (χ2n) is 5.89. The van der Waals surface area contributed by atoms with Gasteiger partial charge in [-0.15, -0.1) is 5.16 Å². The quantitative estimate of drug-likeness (QED) is 0.447. The van der Waals surface area contributed by atoms with E-state index in [4.69, 9.17) is 9.94 Å². The smallest absolute Gasteiger partial charge is 0.410 e. The zero-order valence-electron chi connectivity index (χ0n) is 11.3. The van der Waals surface area contributed by atoms with Gasteiger partial charge in [-0.25, -0.2) is 9.18 Å². The summed E-state index contributed by atoms with van der Waals surface area (Å²) in [6.07, 6.45) is -0.176. The summed E-state index contributed by atoms with van der Waals surface area (Å²) in [5.74, 6) is 0. The predicted octanol–water partition coefficient (Wildman–Crippen LogP) is 2.43. The van der Waals surface area contributed by atoms with E-state index in [0.29, 0.717) is 13.0 Å². The van der Waals surface area contributed by atoms with Crippen LogP contribution in [0.2, 0.25) is 0 Å². The van der Waals surface area contributed by atoms with E-state index in [1.165, 1.54) is 11.1 Å². The van der Waals surface area contributed by atoms with Gasteiger partial charge in [0.05, 0.1) is 12.8 Å². The fourth-order valence-electron chi connectivity index (χ4n) is 1.80. The summed E-state index contributed by atoms with van der Waals surface area (Å²) in [6.45, 7) is 7.32. The Morgan fingerprint density at radius 1 is 1.61 bits per heavy atom. The molecule has 1 aliphatic rings. The number of nitrogens with zero attached hydrogens (tertiary/aromatic N) is 2. The molecule has 0 spiro atoms. The molecule has 0 aliphatic carbocycles. The minimum atomic E-state index is -1.27. The Labute approximate surface area is 107 Å². The second kappa shape index (κ2) is 5.12. The van der Waals surface area contributed by atoms with E-state index in [9.17, 15) is 9.18 Å². The minimum Gasteiger partial charge on any atom is -0.444 e. The first kappa shape index (κ1) is 14.7. The third-order valence-corrected chi connectivity index (χ3v) is 3.02. The molecule has 1 N–H and O–H groups in total. The lowest BCUT2D eigenvalue weighted by Crippen LogP contribution is -2.51. The van der Waals surface area contributed by atoms with Gasteiger partial charge in [-0.3, -0.25) is 0 Å². The van der Waals surface area contributed by atoms with Gasteiger partial charge in [0.2, 0.25) is 0 Å². The molecule has 1 rings (SSSR count). The lowest BCUT2D eigenvalue weighted by Gasteiger charge is -2.39. The van der Waals surface area contributed by atoms with E-state index in [-0.39, 0.29) is 6.54 Å². The van der Waals surface area contributed by atoms with Crippen LogP contribution in [0.5, 0.6) is 0 Å². The molecule has 104 valence electrons. The number of hydrogen-bond donors (Lipinski definition) is 1. The molecule has 1 saturated heterocycles. The summed E-state index contributed by atoms with van der Waals surface area (Å²) < 4.78 is 19.2. The van der Waals surface area contributed by atoms with Crippen molar-refractivity contribution in [3.05, 3.63) is 0 Å². The van der Waals surface area contributed by atoms with Gasteiger partial charge in [-0.2, -0.15) is 0 Å². The Morgan fingerprint density at radius 3 is 2.67 bits per heavy atom. The fraction of sp³-hybridized carbons (Fsp3) is 0.833. The number of carbonyl (C=O) groups is 1. The number of rotatable bonds is 1. The average molecular weight is 260 g/mol. The monoisotopic (exact) mass is 260 g/mol. The molecule has 0 aromatic carbocycles. The van der Waals surface area contributed by atoms with Gasteiger partial charge >= 0.3 is 6.09 Å². The standard InChI is InChI=1S/C12H21FN2O3/c1-11(2,3)18-10(16)15-6-5-12(4,8-14-17)9(13)7-15/h8-9,17H,5-7H2,1-4H3/b14-8-/t9-,12+/m1/s1. The lowest BCUT2D eigenvalue weighted by molar-refractivity contribution is 0.000446. The molecule has 0 radical (unpaired) electrons. The second-order valence-corrected chi connectivity index (χ2v) is 5.89. The molecule has 6 heteroatoms. The number of amides is 1. The van der Waals surface area contributed by atoms with E-state index in [0.717, 1.165) is 0 Å². The van der Waals surface area contributed by atoms with Crippen molar-refractivity contribution in [2.75, 3.05) is 13.1 Å². The highest BCUT2D eigenvalue weighted by Gasteiger charge is 2.41. The van der Waals surface area contributed by atoms with Gasteiger partial charge in [0.25, 0.3) is 0 Å². The van der Waals surface area contributed by atoms with Crippen LogP contribution in [0.3, 0.4) is 0 Å². The number of halogens is 1. The van der Waals surface area contributed by atoms with E-state index >= 15 is 0 Å². The van der Waals surface area contributed by atoms with Gasteiger partial charge in [0, 0.05) is 12.0 Å². The predicted molar refractivity (Wildman–Crippen MR) is 65.7 cm³/mol. The molecule has 1 fully saturated rings. The van der Waals surface area contributed by atoms with Crippen LogP contribution in [0.1, 0.15) is 34.1 Å². The summed E-state index contributed by atoms with van der Waals surface area (Å²) >= 11 is 0. The first-order chi connectivity index (χ1) is 8.18. The zero-order chi connectivity index (χ0) is 14.0. The number of oxime groups is 1. The highest BCUT2D eigenvalue weighted by Crippen LogP contribution is 2.32. The molecule has 5 nitrogen and oxygen atoms in total. The molecule has 0 aromatic rings. The summed E-state index contributed by atoms with van der Waals surface area (Å²) in [4.78, 5) is 13.1. The third kappa shape index (κ3) is 3.58. The lowest BCUT2D eigenvalue weighted by atomic mass is 9.80. The Morgan fingerprint density at radius 2 is 2.22 bits per heavy atom. The van der Waals surface area contributed by atoms with Crippen LogP contribution in [-0.4, -0.2) is 47.3 Å². The van der Waals surface area contributed by atoms with Crippen LogP contribution in [0, 0.1) is 5.41 Å². The van der Waals surface area contributed by atoms with Crippen LogP contribution >= 0.6 is 0 Å². The maximum absolute atomic E-state index is 14.0. The fourth-order valence-corrected chi connectivity index (χ4v) is 1.80. The molecular formula is C12H21FN2O3. The third-order valence-electron chi connectivity index (χ3n) is 3.02. The molecule has 1 aliphatic heterocycles. The number of likely N-dealkylation sites (tertiary alicyclic amines) is 1. The van der Waals surface area contributed by atoms with Crippen LogP contribution in [0.4, 0.5) is 9.18 Å². The largest absolute Gasteiger partial charge is 0.444 e. The Hall–Kier alpha value is -1.33. The SMILES string of the molecule is CC(C)(C)OC(=O)N1CC[C@@](C)(/C=N\O)[C@H](F)C1. The maximum Gasteiger partial charge on any atom is 0.410 e. The molecule has 0 bridgehead atoms. The van der Waals surface area contributed by atoms with Crippen molar-refractivity contribution in [3.63, 3.8) is 0 Å². The van der Waals surface area contributed by atoms with Crippen molar-refractivity contribution in [1.82, 2.24) is 4.90 Å². The highest BCUT2D eigenvalue weighted by atomic mass is 19.1. The Balaban J connectivity index is 2.64. The normalized spacial score (nSPS) is 29.6. The van der Waals surface area contributed by atoms with E-state index in [2.05, 4.69) is 5.16 Å². The highest BCUT2D eigenvalue weighted by molar-refractivity contribution is 5.70. The van der Waals surface area contributed by atoms with Crippen molar-refractivity contribution >= 4 is 12.3 Å². The van der Waals surface area contributed by atoms with Gasteiger partial charge in [-0.05, 0) is 27.2 Å². The zero-order valence-corrected chi connectivity index (χ0v) is 11.3. The first-order valence-electron chi connectivity index (χ1n) is 5.98. The van der Waals surface area contributed by atoms with E-state index in [1.54, 1.807) is 27.7 Å². The Kier molecular flexibility index (Phi) is 4.19. The molecular weight excluding hydrogens is 239 g/mol. The molecule has 2 atom stereocenters. The summed E-state index contributed by atoms with van der Waals surface area (Å²) in [7, 11) is 0. The number of hydrogen-bond acceptors (Lipinski definition) is 4. The van der Waals surface area contributed by atoms with Crippen molar-refractivity contribution in [2.45, 2.75) is 45.9 Å². The van der Waals surface area contributed by atoms with Crippen LogP contribution in [-0.2, 0) is 4.74 Å². The average Bonchev–Trinajstić information content (AvgIpc) is 2.20. The van der Waals surface area contributed by atoms with Crippen molar-refractivity contribution in [2.24, 2.45) is 10.6 Å². The van der Waals surface area contributed by atoms with Crippen molar-refractivity contribution in [3.8, 4) is 0 Å². The molecule has 1 amide bonds. The molecule has 0 unspecified atom stereocenters. The van der Waals surface area contributed by atoms with Crippen LogP contribution in [0.25, 0.3) is 0 Å². The Bertz CT molecular complexity index is 341. The minimum absolute atomic E-state index is 0.0442. The van der Waals surface area contributed by atoms with E-state index < -0.39 is 23.3 Å². The number of carbonyl (C=O) groups excluding carboxylic acids is 1. The van der Waals surface area contributed by atoms with Gasteiger partial charge in [-0.1, -0.05) is 6.92 Å². The van der Waals surface area contributed by atoms with Crippen LogP contribution < -0.4 is 0 Å². The first-order valence-corrected chi connectivity index (χ1v) is 5.98. The van der Waals surface area contributed by atoms with E-state index in [1.807, 2.05) is 0 Å². The summed E-state index contributed by atoms with van der Waals surface area (Å²) in [5, 5.41) is 11.4. The maximum atomic E-state index is 14.0. The molecule has 1 heterocycles. The van der Waals surface area contributed by atoms with Crippen molar-refractivity contribution in [1.29, 1.82) is 0 Å². The summed E-state index contributed by atoms with van der Waals surface area (Å²) in [6, 6.07) is 0. The van der Waals surface area contributed by atoms with Gasteiger partial charge in [0.15, 0.2) is 0 Å². The van der Waals surface area contributed by atoms with Crippen LogP contribution in [0.15, 0.2) is 5.16 Å². The topological polar surface area (TPSA) is 62.1 Å².